The zero-order chi connectivity index (χ0) is 14.3. The van der Waals surface area contributed by atoms with Gasteiger partial charge in [0.25, 0.3) is 0 Å². The Morgan fingerprint density at radius 2 is 1.95 bits per heavy atom. The third kappa shape index (κ3) is 4.81. The Bertz CT molecular complexity index is 418. The molecule has 0 saturated heterocycles. The molecule has 1 N–H and O–H groups in total. The highest BCUT2D eigenvalue weighted by Crippen LogP contribution is 2.27. The maximum absolute atomic E-state index is 11.5. The fraction of sp³-hybridized carbons (Fsp3) is 0.533. The van der Waals surface area contributed by atoms with Crippen LogP contribution in [0.3, 0.4) is 0 Å². The first-order valence-corrected chi connectivity index (χ1v) is 6.61. The molecule has 4 nitrogen and oxygen atoms in total. The van der Waals surface area contributed by atoms with Crippen LogP contribution in [0.25, 0.3) is 0 Å². The van der Waals surface area contributed by atoms with E-state index in [-0.39, 0.29) is 11.9 Å². The third-order valence-electron chi connectivity index (χ3n) is 2.87. The lowest BCUT2D eigenvalue weighted by molar-refractivity contribution is -0.121. The summed E-state index contributed by atoms with van der Waals surface area (Å²) in [4.78, 5) is 11.5. The van der Waals surface area contributed by atoms with Crippen molar-refractivity contribution in [1.29, 1.82) is 0 Å². The highest BCUT2D eigenvalue weighted by molar-refractivity contribution is 5.76. The highest BCUT2D eigenvalue weighted by atomic mass is 16.5. The Morgan fingerprint density at radius 3 is 2.53 bits per heavy atom. The van der Waals surface area contributed by atoms with Gasteiger partial charge in [-0.3, -0.25) is 4.79 Å². The van der Waals surface area contributed by atoms with Crippen molar-refractivity contribution in [2.24, 2.45) is 0 Å². The van der Waals surface area contributed by atoms with Gasteiger partial charge < -0.3 is 14.8 Å². The molecule has 0 aliphatic heterocycles. The van der Waals surface area contributed by atoms with Crippen LogP contribution in [0.4, 0.5) is 0 Å². The largest absolute Gasteiger partial charge is 0.493 e. The predicted molar refractivity (Wildman–Crippen MR) is 75.8 cm³/mol. The summed E-state index contributed by atoms with van der Waals surface area (Å²) < 4.78 is 10.5. The van der Waals surface area contributed by atoms with Crippen molar-refractivity contribution >= 4 is 5.91 Å². The highest BCUT2D eigenvalue weighted by Gasteiger charge is 2.10. The molecule has 0 spiro atoms. The number of carbonyl (C=O) groups is 1. The lowest BCUT2D eigenvalue weighted by Crippen LogP contribution is -2.33. The molecule has 0 saturated carbocycles. The Balaban J connectivity index is 2.64. The zero-order valence-corrected chi connectivity index (χ0v) is 12.2. The van der Waals surface area contributed by atoms with Gasteiger partial charge in [0.2, 0.25) is 5.91 Å². The minimum Gasteiger partial charge on any atom is -0.493 e. The van der Waals surface area contributed by atoms with Gasteiger partial charge in [-0.2, -0.15) is 0 Å². The summed E-state index contributed by atoms with van der Waals surface area (Å²) in [5.41, 5.74) is 1.11. The van der Waals surface area contributed by atoms with E-state index in [0.717, 1.165) is 18.4 Å². The third-order valence-corrected chi connectivity index (χ3v) is 2.87. The van der Waals surface area contributed by atoms with Crippen molar-refractivity contribution in [3.63, 3.8) is 0 Å². The number of benzene rings is 1. The SMILES string of the molecule is CCCC(=O)N[C@H](C)Cc1ccc(OC)c(OC)c1. The molecular formula is C15H23NO3. The number of hydrogen-bond acceptors (Lipinski definition) is 3. The lowest BCUT2D eigenvalue weighted by atomic mass is 10.1. The number of rotatable bonds is 7. The summed E-state index contributed by atoms with van der Waals surface area (Å²) in [5.74, 6) is 1.54. The molecule has 0 unspecified atom stereocenters. The van der Waals surface area contributed by atoms with Crippen molar-refractivity contribution < 1.29 is 14.3 Å². The van der Waals surface area contributed by atoms with Gasteiger partial charge in [-0.15, -0.1) is 0 Å². The van der Waals surface area contributed by atoms with Crippen LogP contribution in [0.15, 0.2) is 18.2 Å². The molecule has 106 valence electrons. The van der Waals surface area contributed by atoms with E-state index < -0.39 is 0 Å². The smallest absolute Gasteiger partial charge is 0.220 e. The van der Waals surface area contributed by atoms with Gasteiger partial charge in [-0.1, -0.05) is 13.0 Å². The zero-order valence-electron chi connectivity index (χ0n) is 12.2. The van der Waals surface area contributed by atoms with E-state index in [9.17, 15) is 4.79 Å². The minimum absolute atomic E-state index is 0.107. The van der Waals surface area contributed by atoms with Gasteiger partial charge in [0.15, 0.2) is 11.5 Å². The van der Waals surface area contributed by atoms with Crippen LogP contribution in [-0.2, 0) is 11.2 Å². The number of ether oxygens (including phenoxy) is 2. The van der Waals surface area contributed by atoms with Gasteiger partial charge in [0.1, 0.15) is 0 Å². The van der Waals surface area contributed by atoms with Crippen LogP contribution >= 0.6 is 0 Å². The molecule has 0 fully saturated rings. The number of hydrogen-bond donors (Lipinski definition) is 1. The molecule has 0 bridgehead atoms. The second kappa shape index (κ2) is 7.67. The maximum Gasteiger partial charge on any atom is 0.220 e. The van der Waals surface area contributed by atoms with Crippen LogP contribution in [-0.4, -0.2) is 26.2 Å². The number of nitrogens with one attached hydrogen (secondary N) is 1. The Hall–Kier alpha value is -1.71. The van der Waals surface area contributed by atoms with Crippen LogP contribution in [0.5, 0.6) is 11.5 Å². The van der Waals surface area contributed by atoms with E-state index in [2.05, 4.69) is 5.32 Å². The molecule has 1 aromatic rings. The topological polar surface area (TPSA) is 47.6 Å². The van der Waals surface area contributed by atoms with E-state index in [4.69, 9.17) is 9.47 Å². The monoisotopic (exact) mass is 265 g/mol. The molecule has 1 rings (SSSR count). The molecule has 1 atom stereocenters. The fourth-order valence-electron chi connectivity index (χ4n) is 1.99. The lowest BCUT2D eigenvalue weighted by Gasteiger charge is -2.15. The Kier molecular flexibility index (Phi) is 6.19. The summed E-state index contributed by atoms with van der Waals surface area (Å²) in [5, 5.41) is 2.98. The van der Waals surface area contributed by atoms with Crippen LogP contribution < -0.4 is 14.8 Å². The van der Waals surface area contributed by atoms with Crippen molar-refractivity contribution in [2.75, 3.05) is 14.2 Å². The molecule has 0 aliphatic carbocycles. The summed E-state index contributed by atoms with van der Waals surface area (Å²) in [7, 11) is 3.24. The van der Waals surface area contributed by atoms with Gasteiger partial charge in [-0.25, -0.2) is 0 Å². The normalized spacial score (nSPS) is 11.8. The average Bonchev–Trinajstić information content (AvgIpc) is 2.38. The number of amides is 1. The van der Waals surface area contributed by atoms with Gasteiger partial charge in [-0.05, 0) is 37.5 Å². The number of carbonyl (C=O) groups excluding carboxylic acids is 1. The Morgan fingerprint density at radius 1 is 1.26 bits per heavy atom. The first-order chi connectivity index (χ1) is 9.10. The van der Waals surface area contributed by atoms with Crippen LogP contribution in [0.2, 0.25) is 0 Å². The Labute approximate surface area is 115 Å². The summed E-state index contributed by atoms with van der Waals surface area (Å²) >= 11 is 0. The molecule has 0 aromatic heterocycles. The summed E-state index contributed by atoms with van der Waals surface area (Å²) in [6.45, 7) is 4.00. The molecular weight excluding hydrogens is 242 g/mol. The quantitative estimate of drug-likeness (QED) is 0.824. The molecule has 0 radical (unpaired) electrons. The van der Waals surface area contributed by atoms with E-state index in [1.807, 2.05) is 32.0 Å². The van der Waals surface area contributed by atoms with E-state index >= 15 is 0 Å². The molecule has 4 heteroatoms. The van der Waals surface area contributed by atoms with Crippen molar-refractivity contribution in [3.8, 4) is 11.5 Å². The molecule has 0 heterocycles. The maximum atomic E-state index is 11.5. The standard InChI is InChI=1S/C15H23NO3/c1-5-6-15(17)16-11(2)9-12-7-8-13(18-3)14(10-12)19-4/h7-8,10-11H,5-6,9H2,1-4H3,(H,16,17)/t11-/m1/s1. The average molecular weight is 265 g/mol. The fourth-order valence-corrected chi connectivity index (χ4v) is 1.99. The van der Waals surface area contributed by atoms with E-state index in [1.165, 1.54) is 0 Å². The van der Waals surface area contributed by atoms with E-state index in [0.29, 0.717) is 17.9 Å². The van der Waals surface area contributed by atoms with Crippen LogP contribution in [0.1, 0.15) is 32.3 Å². The number of methoxy groups -OCH3 is 2. The summed E-state index contributed by atoms with van der Waals surface area (Å²) in [6.07, 6.45) is 2.22. The van der Waals surface area contributed by atoms with Crippen LogP contribution in [0, 0.1) is 0 Å². The first kappa shape index (κ1) is 15.3. The van der Waals surface area contributed by atoms with Crippen molar-refractivity contribution in [3.05, 3.63) is 23.8 Å². The molecule has 1 aromatic carbocycles. The van der Waals surface area contributed by atoms with Gasteiger partial charge >= 0.3 is 0 Å². The van der Waals surface area contributed by atoms with Crippen molar-refractivity contribution in [2.45, 2.75) is 39.2 Å². The van der Waals surface area contributed by atoms with E-state index in [1.54, 1.807) is 14.2 Å². The first-order valence-electron chi connectivity index (χ1n) is 6.61. The molecule has 0 aliphatic rings. The van der Waals surface area contributed by atoms with Gasteiger partial charge in [0, 0.05) is 12.5 Å². The predicted octanol–water partition coefficient (Wildman–Crippen LogP) is 2.55. The minimum atomic E-state index is 0.107. The van der Waals surface area contributed by atoms with Gasteiger partial charge in [0.05, 0.1) is 14.2 Å². The molecule has 19 heavy (non-hydrogen) atoms. The second-order valence-corrected chi connectivity index (χ2v) is 4.61. The molecule has 1 amide bonds. The summed E-state index contributed by atoms with van der Waals surface area (Å²) in [6, 6.07) is 5.93. The van der Waals surface area contributed by atoms with Crippen molar-refractivity contribution in [1.82, 2.24) is 5.32 Å². The second-order valence-electron chi connectivity index (χ2n) is 4.61.